The van der Waals surface area contributed by atoms with Crippen molar-refractivity contribution >= 4 is 23.4 Å². The van der Waals surface area contributed by atoms with Gasteiger partial charge in [0.05, 0.1) is 12.2 Å². The minimum Gasteiger partial charge on any atom is -0.462 e. The first-order chi connectivity index (χ1) is 8.70. The first-order valence-corrected chi connectivity index (χ1v) is 6.26. The van der Waals surface area contributed by atoms with Crippen LogP contribution in [-0.2, 0) is 4.74 Å². The summed E-state index contributed by atoms with van der Waals surface area (Å²) >= 11 is 1.36. The number of esters is 1. The first-order valence-electron chi connectivity index (χ1n) is 5.44. The molecule has 1 aromatic heterocycles. The van der Waals surface area contributed by atoms with Gasteiger partial charge in [-0.15, -0.1) is 0 Å². The molecular formula is C12H13N3O2S. The molecule has 0 amide bonds. The van der Waals surface area contributed by atoms with Gasteiger partial charge < -0.3 is 15.5 Å². The van der Waals surface area contributed by atoms with E-state index >= 15 is 0 Å². The van der Waals surface area contributed by atoms with Crippen LogP contribution in [0.2, 0.25) is 0 Å². The number of nitrogen functional groups attached to an aromatic ring is 1. The van der Waals surface area contributed by atoms with E-state index in [4.69, 9.17) is 10.5 Å². The van der Waals surface area contributed by atoms with Crippen LogP contribution >= 0.6 is 11.8 Å². The van der Waals surface area contributed by atoms with E-state index in [1.165, 1.54) is 11.8 Å². The summed E-state index contributed by atoms with van der Waals surface area (Å²) in [5.74, 6) is -0.376. The van der Waals surface area contributed by atoms with Crippen LogP contribution in [-0.4, -0.2) is 22.5 Å². The van der Waals surface area contributed by atoms with E-state index in [2.05, 4.69) is 9.97 Å². The fourth-order valence-corrected chi connectivity index (χ4v) is 2.25. The Morgan fingerprint density at radius 3 is 3.06 bits per heavy atom. The van der Waals surface area contributed by atoms with Gasteiger partial charge >= 0.3 is 5.97 Å². The van der Waals surface area contributed by atoms with Gasteiger partial charge in [0, 0.05) is 23.0 Å². The van der Waals surface area contributed by atoms with Gasteiger partial charge in [-0.1, -0.05) is 11.8 Å². The number of rotatable bonds is 4. The topological polar surface area (TPSA) is 81.0 Å². The number of nitrogens with two attached hydrogens (primary N) is 1. The molecule has 0 saturated heterocycles. The third-order valence-corrected chi connectivity index (χ3v) is 3.17. The van der Waals surface area contributed by atoms with Crippen molar-refractivity contribution in [3.05, 3.63) is 36.2 Å². The number of carbonyl (C=O) groups excluding carboxylic acids is 1. The Morgan fingerprint density at radius 1 is 1.56 bits per heavy atom. The predicted octanol–water partition coefficient (Wildman–Crippen LogP) is 2.32. The molecule has 0 bridgehead atoms. The Hall–Kier alpha value is -1.95. The molecule has 2 aromatic rings. The summed E-state index contributed by atoms with van der Waals surface area (Å²) in [6.45, 7) is 2.10. The number of nitrogens with zero attached hydrogens (tertiary/aromatic N) is 1. The standard InChI is InChI=1S/C12H13N3O2S/c1-2-17-11(16)9-7-8(13)3-4-10(9)18-12-14-5-6-15-12/h3-7H,2,13H2,1H3,(H,14,15). The van der Waals surface area contributed by atoms with Crippen molar-refractivity contribution in [2.24, 2.45) is 0 Å². The third-order valence-electron chi connectivity index (χ3n) is 2.18. The van der Waals surface area contributed by atoms with Crippen LogP contribution in [0.4, 0.5) is 5.69 Å². The molecule has 6 heteroatoms. The van der Waals surface area contributed by atoms with Gasteiger partial charge in [0.1, 0.15) is 0 Å². The van der Waals surface area contributed by atoms with Crippen molar-refractivity contribution in [2.75, 3.05) is 12.3 Å². The van der Waals surface area contributed by atoms with Crippen LogP contribution in [0.25, 0.3) is 0 Å². The molecular weight excluding hydrogens is 250 g/mol. The Labute approximate surface area is 109 Å². The van der Waals surface area contributed by atoms with Gasteiger partial charge in [0.2, 0.25) is 0 Å². The van der Waals surface area contributed by atoms with E-state index in [1.807, 2.05) is 0 Å². The maximum atomic E-state index is 11.8. The first kappa shape index (κ1) is 12.5. The average Bonchev–Trinajstić information content (AvgIpc) is 2.84. The molecule has 0 saturated carbocycles. The molecule has 1 heterocycles. The van der Waals surface area contributed by atoms with Crippen LogP contribution < -0.4 is 5.73 Å². The average molecular weight is 263 g/mol. The fourth-order valence-electron chi connectivity index (χ4n) is 1.42. The zero-order chi connectivity index (χ0) is 13.0. The molecule has 18 heavy (non-hydrogen) atoms. The second-order valence-electron chi connectivity index (χ2n) is 3.47. The monoisotopic (exact) mass is 263 g/mol. The molecule has 0 unspecified atom stereocenters. The van der Waals surface area contributed by atoms with Crippen LogP contribution in [0, 0.1) is 0 Å². The molecule has 3 N–H and O–H groups in total. The second kappa shape index (κ2) is 5.59. The van der Waals surface area contributed by atoms with E-state index in [9.17, 15) is 4.79 Å². The molecule has 0 atom stereocenters. The lowest BCUT2D eigenvalue weighted by Gasteiger charge is -2.08. The summed E-state index contributed by atoms with van der Waals surface area (Å²) in [6.07, 6.45) is 3.38. The number of hydrogen-bond donors (Lipinski definition) is 2. The van der Waals surface area contributed by atoms with Gasteiger partial charge in [-0.2, -0.15) is 0 Å². The summed E-state index contributed by atoms with van der Waals surface area (Å²) in [6, 6.07) is 5.14. The smallest absolute Gasteiger partial charge is 0.339 e. The largest absolute Gasteiger partial charge is 0.462 e. The Bertz CT molecular complexity index is 540. The highest BCUT2D eigenvalue weighted by Gasteiger charge is 2.14. The lowest BCUT2D eigenvalue weighted by Crippen LogP contribution is -2.07. The highest BCUT2D eigenvalue weighted by Crippen LogP contribution is 2.29. The van der Waals surface area contributed by atoms with Gasteiger partial charge in [0.15, 0.2) is 5.16 Å². The number of hydrogen-bond acceptors (Lipinski definition) is 5. The maximum absolute atomic E-state index is 11.8. The zero-order valence-corrected chi connectivity index (χ0v) is 10.7. The van der Waals surface area contributed by atoms with Gasteiger partial charge in [0.25, 0.3) is 0 Å². The minimum absolute atomic E-state index is 0.332. The minimum atomic E-state index is -0.376. The van der Waals surface area contributed by atoms with Crippen molar-refractivity contribution in [3.8, 4) is 0 Å². The quantitative estimate of drug-likeness (QED) is 0.653. The fraction of sp³-hybridized carbons (Fsp3) is 0.167. The molecule has 2 rings (SSSR count). The molecule has 0 radical (unpaired) electrons. The second-order valence-corrected chi connectivity index (χ2v) is 4.50. The van der Waals surface area contributed by atoms with E-state index in [1.54, 1.807) is 37.5 Å². The predicted molar refractivity (Wildman–Crippen MR) is 69.5 cm³/mol. The van der Waals surface area contributed by atoms with Crippen molar-refractivity contribution < 1.29 is 9.53 Å². The normalized spacial score (nSPS) is 10.3. The van der Waals surface area contributed by atoms with Crippen molar-refractivity contribution in [2.45, 2.75) is 17.0 Å². The number of ether oxygens (including phenoxy) is 1. The molecule has 0 aliphatic carbocycles. The number of aromatic amines is 1. The SMILES string of the molecule is CCOC(=O)c1cc(N)ccc1Sc1ncc[nH]1. The van der Waals surface area contributed by atoms with Crippen molar-refractivity contribution in [3.63, 3.8) is 0 Å². The van der Waals surface area contributed by atoms with Gasteiger partial charge in [-0.25, -0.2) is 9.78 Å². The number of imidazole rings is 1. The number of benzene rings is 1. The number of nitrogens with one attached hydrogen (secondary N) is 1. The number of aromatic nitrogens is 2. The number of anilines is 1. The summed E-state index contributed by atoms with van der Waals surface area (Å²) < 4.78 is 5.00. The third kappa shape index (κ3) is 2.84. The van der Waals surface area contributed by atoms with Crippen molar-refractivity contribution in [1.82, 2.24) is 9.97 Å². The van der Waals surface area contributed by atoms with E-state index in [0.29, 0.717) is 23.0 Å². The van der Waals surface area contributed by atoms with Crippen LogP contribution in [0.5, 0.6) is 0 Å². The van der Waals surface area contributed by atoms with Crippen LogP contribution in [0.1, 0.15) is 17.3 Å². The summed E-state index contributed by atoms with van der Waals surface area (Å²) in [7, 11) is 0. The molecule has 0 fully saturated rings. The highest BCUT2D eigenvalue weighted by molar-refractivity contribution is 7.99. The van der Waals surface area contributed by atoms with E-state index in [-0.39, 0.29) is 5.97 Å². The van der Waals surface area contributed by atoms with Crippen LogP contribution in [0.3, 0.4) is 0 Å². The summed E-state index contributed by atoms with van der Waals surface area (Å²) in [5, 5.41) is 0.713. The van der Waals surface area contributed by atoms with Crippen LogP contribution in [0.15, 0.2) is 40.6 Å². The maximum Gasteiger partial charge on any atom is 0.339 e. The number of carbonyl (C=O) groups is 1. The molecule has 0 aliphatic rings. The summed E-state index contributed by atoms with van der Waals surface area (Å²) in [5.41, 5.74) is 6.68. The van der Waals surface area contributed by atoms with E-state index in [0.717, 1.165) is 4.90 Å². The van der Waals surface area contributed by atoms with Gasteiger partial charge in [-0.05, 0) is 25.1 Å². The highest BCUT2D eigenvalue weighted by atomic mass is 32.2. The molecule has 5 nitrogen and oxygen atoms in total. The molecule has 1 aromatic carbocycles. The Balaban J connectivity index is 2.31. The summed E-state index contributed by atoms with van der Waals surface area (Å²) in [4.78, 5) is 19.7. The lowest BCUT2D eigenvalue weighted by atomic mass is 10.2. The molecule has 94 valence electrons. The zero-order valence-electron chi connectivity index (χ0n) is 9.84. The van der Waals surface area contributed by atoms with Gasteiger partial charge in [-0.3, -0.25) is 0 Å². The Kier molecular flexibility index (Phi) is 3.88. The number of H-pyrrole nitrogens is 1. The van der Waals surface area contributed by atoms with E-state index < -0.39 is 0 Å². The molecule has 0 aliphatic heterocycles. The van der Waals surface area contributed by atoms with Crippen molar-refractivity contribution in [1.29, 1.82) is 0 Å². The molecule has 0 spiro atoms. The Morgan fingerprint density at radius 2 is 2.39 bits per heavy atom. The lowest BCUT2D eigenvalue weighted by molar-refractivity contribution is 0.0522.